The summed E-state index contributed by atoms with van der Waals surface area (Å²) in [5.41, 5.74) is 0. The first kappa shape index (κ1) is 15.0. The quantitative estimate of drug-likeness (QED) is 0.764. The minimum Gasteiger partial charge on any atom is -0.352 e. The van der Waals surface area contributed by atoms with Gasteiger partial charge in [0.2, 0.25) is 11.8 Å². The molecule has 1 unspecified atom stereocenters. The second kappa shape index (κ2) is 7.40. The molecule has 6 heteroatoms. The predicted molar refractivity (Wildman–Crippen MR) is 79.5 cm³/mol. The maximum absolute atomic E-state index is 12.1. The molecule has 0 spiro atoms. The number of carbonyl (C=O) groups is 2. The van der Waals surface area contributed by atoms with Crippen molar-refractivity contribution < 1.29 is 9.59 Å². The summed E-state index contributed by atoms with van der Waals surface area (Å²) in [6, 6.07) is 3.85. The van der Waals surface area contributed by atoms with Gasteiger partial charge in [-0.3, -0.25) is 9.59 Å². The minimum atomic E-state index is -0.232. The van der Waals surface area contributed by atoms with Crippen molar-refractivity contribution in [2.24, 2.45) is 0 Å². The SMILES string of the molecule is CC(=O)NC(CC(=O)N[C@H]1CCCNC1)c1cccs1. The van der Waals surface area contributed by atoms with Gasteiger partial charge in [0.05, 0.1) is 12.5 Å². The van der Waals surface area contributed by atoms with Crippen molar-refractivity contribution >= 4 is 23.2 Å². The van der Waals surface area contributed by atoms with E-state index in [1.165, 1.54) is 6.92 Å². The van der Waals surface area contributed by atoms with Gasteiger partial charge in [-0.2, -0.15) is 0 Å². The van der Waals surface area contributed by atoms with Crippen molar-refractivity contribution in [3.63, 3.8) is 0 Å². The van der Waals surface area contributed by atoms with Crippen LogP contribution in [0.3, 0.4) is 0 Å². The van der Waals surface area contributed by atoms with E-state index in [2.05, 4.69) is 16.0 Å². The second-order valence-corrected chi connectivity index (χ2v) is 6.06. The fourth-order valence-electron chi connectivity index (χ4n) is 2.40. The number of rotatable bonds is 5. The molecule has 1 aromatic heterocycles. The average Bonchev–Trinajstić information content (AvgIpc) is 2.92. The number of hydrogen-bond donors (Lipinski definition) is 3. The van der Waals surface area contributed by atoms with E-state index in [1.54, 1.807) is 11.3 Å². The van der Waals surface area contributed by atoms with Crippen LogP contribution in [0.1, 0.15) is 37.1 Å². The predicted octanol–water partition coefficient (Wildman–Crippen LogP) is 1.18. The zero-order valence-corrected chi connectivity index (χ0v) is 12.5. The molecule has 2 atom stereocenters. The molecule has 3 N–H and O–H groups in total. The first-order valence-corrected chi connectivity index (χ1v) is 7.83. The fourth-order valence-corrected chi connectivity index (χ4v) is 3.18. The van der Waals surface area contributed by atoms with Crippen molar-refractivity contribution in [1.82, 2.24) is 16.0 Å². The molecule has 2 heterocycles. The molecule has 0 bridgehead atoms. The zero-order valence-electron chi connectivity index (χ0n) is 11.6. The number of carbonyl (C=O) groups excluding carboxylic acids is 2. The van der Waals surface area contributed by atoms with E-state index in [0.717, 1.165) is 30.8 Å². The van der Waals surface area contributed by atoms with E-state index in [-0.39, 0.29) is 30.3 Å². The first-order chi connectivity index (χ1) is 9.65. The van der Waals surface area contributed by atoms with Crippen molar-refractivity contribution in [1.29, 1.82) is 0 Å². The molecular weight excluding hydrogens is 274 g/mol. The van der Waals surface area contributed by atoms with Gasteiger partial charge in [0, 0.05) is 24.4 Å². The van der Waals surface area contributed by atoms with Crippen molar-refractivity contribution in [3.05, 3.63) is 22.4 Å². The van der Waals surface area contributed by atoms with Crippen LogP contribution >= 0.6 is 11.3 Å². The zero-order chi connectivity index (χ0) is 14.4. The minimum absolute atomic E-state index is 0.00847. The monoisotopic (exact) mass is 295 g/mol. The van der Waals surface area contributed by atoms with E-state index in [1.807, 2.05) is 17.5 Å². The Morgan fingerprint density at radius 2 is 2.40 bits per heavy atom. The average molecular weight is 295 g/mol. The van der Waals surface area contributed by atoms with E-state index >= 15 is 0 Å². The number of amides is 2. The molecule has 110 valence electrons. The van der Waals surface area contributed by atoms with Crippen LogP contribution < -0.4 is 16.0 Å². The van der Waals surface area contributed by atoms with Crippen molar-refractivity contribution in [2.45, 2.75) is 38.3 Å². The normalized spacial score (nSPS) is 20.1. The van der Waals surface area contributed by atoms with Gasteiger partial charge >= 0.3 is 0 Å². The molecule has 0 saturated carbocycles. The van der Waals surface area contributed by atoms with Crippen LogP contribution in [0.25, 0.3) is 0 Å². The van der Waals surface area contributed by atoms with Gasteiger partial charge in [0.25, 0.3) is 0 Å². The Bertz CT molecular complexity index is 441. The number of hydrogen-bond acceptors (Lipinski definition) is 4. The summed E-state index contributed by atoms with van der Waals surface area (Å²) >= 11 is 1.55. The van der Waals surface area contributed by atoms with Crippen LogP contribution in [0.15, 0.2) is 17.5 Å². The van der Waals surface area contributed by atoms with Gasteiger partial charge in [-0.05, 0) is 30.8 Å². The molecule has 1 saturated heterocycles. The van der Waals surface area contributed by atoms with Gasteiger partial charge in [0.15, 0.2) is 0 Å². The first-order valence-electron chi connectivity index (χ1n) is 6.95. The molecule has 2 amide bonds. The highest BCUT2D eigenvalue weighted by Crippen LogP contribution is 2.22. The summed E-state index contributed by atoms with van der Waals surface area (Å²) in [6.45, 7) is 3.33. The standard InChI is InChI=1S/C14H21N3O2S/c1-10(18)16-12(13-5-3-7-20-13)8-14(19)17-11-4-2-6-15-9-11/h3,5,7,11-12,15H,2,4,6,8-9H2,1H3,(H,16,18)(H,17,19)/t11-,12?/m0/s1. The Kier molecular flexibility index (Phi) is 5.55. The highest BCUT2D eigenvalue weighted by atomic mass is 32.1. The van der Waals surface area contributed by atoms with E-state index in [4.69, 9.17) is 0 Å². The smallest absolute Gasteiger partial charge is 0.222 e. The Labute approximate surface area is 123 Å². The molecule has 0 aromatic carbocycles. The summed E-state index contributed by atoms with van der Waals surface area (Å²) in [4.78, 5) is 24.4. The molecule has 1 aliphatic rings. The van der Waals surface area contributed by atoms with Gasteiger partial charge in [-0.25, -0.2) is 0 Å². The third-order valence-electron chi connectivity index (χ3n) is 3.32. The Morgan fingerprint density at radius 1 is 1.55 bits per heavy atom. The van der Waals surface area contributed by atoms with Crippen molar-refractivity contribution in [3.8, 4) is 0 Å². The lowest BCUT2D eigenvalue weighted by molar-refractivity contribution is -0.123. The second-order valence-electron chi connectivity index (χ2n) is 5.08. The third-order valence-corrected chi connectivity index (χ3v) is 4.30. The topological polar surface area (TPSA) is 70.2 Å². The molecular formula is C14H21N3O2S. The number of nitrogens with one attached hydrogen (secondary N) is 3. The van der Waals surface area contributed by atoms with Gasteiger partial charge in [-0.1, -0.05) is 6.07 Å². The van der Waals surface area contributed by atoms with Gasteiger partial charge in [0.1, 0.15) is 0 Å². The summed E-state index contributed by atoms with van der Waals surface area (Å²) < 4.78 is 0. The maximum atomic E-state index is 12.1. The van der Waals surface area contributed by atoms with Gasteiger partial charge < -0.3 is 16.0 Å². The number of piperidine rings is 1. The summed E-state index contributed by atoms with van der Waals surface area (Å²) in [6.07, 6.45) is 2.39. The summed E-state index contributed by atoms with van der Waals surface area (Å²) in [5.74, 6) is -0.124. The lowest BCUT2D eigenvalue weighted by Crippen LogP contribution is -2.46. The maximum Gasteiger partial charge on any atom is 0.222 e. The van der Waals surface area contributed by atoms with E-state index < -0.39 is 0 Å². The Hall–Kier alpha value is -1.40. The van der Waals surface area contributed by atoms with Crippen LogP contribution in [0, 0.1) is 0 Å². The van der Waals surface area contributed by atoms with Crippen LogP contribution in [-0.4, -0.2) is 30.9 Å². The third kappa shape index (κ3) is 4.61. The van der Waals surface area contributed by atoms with Crippen LogP contribution in [-0.2, 0) is 9.59 Å². The molecule has 1 aromatic rings. The largest absolute Gasteiger partial charge is 0.352 e. The fraction of sp³-hybridized carbons (Fsp3) is 0.571. The molecule has 0 aliphatic carbocycles. The Morgan fingerprint density at radius 3 is 3.00 bits per heavy atom. The molecule has 2 rings (SSSR count). The highest BCUT2D eigenvalue weighted by molar-refractivity contribution is 7.10. The summed E-state index contributed by atoms with van der Waals surface area (Å²) in [7, 11) is 0. The van der Waals surface area contributed by atoms with Crippen molar-refractivity contribution in [2.75, 3.05) is 13.1 Å². The van der Waals surface area contributed by atoms with Crippen LogP contribution in [0.5, 0.6) is 0 Å². The van der Waals surface area contributed by atoms with E-state index in [0.29, 0.717) is 0 Å². The molecule has 0 radical (unpaired) electrons. The Balaban J connectivity index is 1.89. The molecule has 5 nitrogen and oxygen atoms in total. The lowest BCUT2D eigenvalue weighted by Gasteiger charge is -2.25. The van der Waals surface area contributed by atoms with Crippen LogP contribution in [0.2, 0.25) is 0 Å². The molecule has 1 aliphatic heterocycles. The number of thiophene rings is 1. The molecule has 20 heavy (non-hydrogen) atoms. The molecule has 1 fully saturated rings. The lowest BCUT2D eigenvalue weighted by atomic mass is 10.1. The van der Waals surface area contributed by atoms with Crippen LogP contribution in [0.4, 0.5) is 0 Å². The highest BCUT2D eigenvalue weighted by Gasteiger charge is 2.21. The van der Waals surface area contributed by atoms with Gasteiger partial charge in [-0.15, -0.1) is 11.3 Å². The van der Waals surface area contributed by atoms with E-state index in [9.17, 15) is 9.59 Å². The summed E-state index contributed by atoms with van der Waals surface area (Å²) in [5, 5.41) is 11.1.